The smallest absolute Gasteiger partial charge is 0.0735 e. The third-order valence-electron chi connectivity index (χ3n) is 19.1. The number of hydrogen-bond donors (Lipinski definition) is 0. The molecule has 0 aromatic heterocycles. The van der Waals surface area contributed by atoms with E-state index >= 15 is 0 Å². The van der Waals surface area contributed by atoms with Crippen LogP contribution < -0.4 is 4.90 Å². The summed E-state index contributed by atoms with van der Waals surface area (Å²) in [6.07, 6.45) is 0. The van der Waals surface area contributed by atoms with E-state index in [1.807, 2.05) is 23.5 Å². The summed E-state index contributed by atoms with van der Waals surface area (Å²) in [4.78, 5) is 7.74. The third-order valence-corrected chi connectivity index (χ3v) is 21.4. The molecule has 0 bridgehead atoms. The molecular formula is C81H51NS2. The highest BCUT2D eigenvalue weighted by Crippen LogP contribution is 2.65. The lowest BCUT2D eigenvalue weighted by Crippen LogP contribution is -2.32. The standard InChI is InChI=1S/C81H51NS2/c1-3-22-53(23-4-1)79(54-24-5-2-6-25-54)66-32-12-9-28-61(66)78-58(29-21-37-73(78)79)52-42-44-55(45-43-52)82(56-46-48-67-62(50-56)59-26-7-10-30-64(59)80(67)69-33-13-17-38-74(69)83-75-39-18-14-34-70(75)80)57-47-49-68-63(51-57)60-27-8-11-31-65(60)81(68)71-35-15-19-40-76(71)84-77-41-20-16-36-72(77)81/h1-51H. The van der Waals surface area contributed by atoms with Crippen LogP contribution in [-0.2, 0) is 16.2 Å². The Hall–Kier alpha value is -9.64. The maximum absolute atomic E-state index is 2.52. The van der Waals surface area contributed by atoms with Crippen LogP contribution in [0, 0.1) is 0 Å². The summed E-state index contributed by atoms with van der Waals surface area (Å²) in [6.45, 7) is 0. The molecule has 0 saturated heterocycles. The largest absolute Gasteiger partial charge is 0.310 e. The van der Waals surface area contributed by atoms with Gasteiger partial charge in [0.05, 0.1) is 16.2 Å². The molecule has 0 unspecified atom stereocenters. The second kappa shape index (κ2) is 18.2. The highest BCUT2D eigenvalue weighted by atomic mass is 32.2. The fourth-order valence-electron chi connectivity index (χ4n) is 15.9. The molecule has 392 valence electrons. The molecule has 1 nitrogen and oxygen atoms in total. The van der Waals surface area contributed by atoms with Gasteiger partial charge >= 0.3 is 0 Å². The van der Waals surface area contributed by atoms with E-state index in [0.29, 0.717) is 0 Å². The van der Waals surface area contributed by atoms with Crippen LogP contribution in [0.1, 0.15) is 66.8 Å². The van der Waals surface area contributed by atoms with Crippen molar-refractivity contribution in [3.63, 3.8) is 0 Å². The number of benzene rings is 13. The highest BCUT2D eigenvalue weighted by Gasteiger charge is 2.53. The van der Waals surface area contributed by atoms with Crippen LogP contribution in [0.2, 0.25) is 0 Å². The lowest BCUT2D eigenvalue weighted by molar-refractivity contribution is 0.722. The van der Waals surface area contributed by atoms with Gasteiger partial charge in [-0.25, -0.2) is 0 Å². The second-order valence-electron chi connectivity index (χ2n) is 22.9. The van der Waals surface area contributed by atoms with Crippen molar-refractivity contribution < 1.29 is 0 Å². The lowest BCUT2D eigenvalue weighted by atomic mass is 9.67. The highest BCUT2D eigenvalue weighted by molar-refractivity contribution is 7.99. The maximum atomic E-state index is 2.52. The summed E-state index contributed by atoms with van der Waals surface area (Å²) in [5.41, 5.74) is 27.7. The first-order valence-corrected chi connectivity index (χ1v) is 30.8. The fourth-order valence-corrected chi connectivity index (χ4v) is 18.3. The van der Waals surface area contributed by atoms with Gasteiger partial charge in [-0.05, 0) is 172 Å². The van der Waals surface area contributed by atoms with E-state index in [9.17, 15) is 0 Å². The molecule has 0 fully saturated rings. The molecule has 0 atom stereocenters. The Labute approximate surface area is 498 Å². The van der Waals surface area contributed by atoms with Gasteiger partial charge in [-0.1, -0.05) is 272 Å². The molecule has 0 N–H and O–H groups in total. The first kappa shape index (κ1) is 47.9. The molecule has 0 amide bonds. The summed E-state index contributed by atoms with van der Waals surface area (Å²) in [5.74, 6) is 0. The zero-order chi connectivity index (χ0) is 55.1. The molecule has 2 spiro atoms. The Balaban J connectivity index is 0.853. The number of anilines is 3. The van der Waals surface area contributed by atoms with Crippen molar-refractivity contribution >= 4 is 40.6 Å². The molecule has 18 rings (SSSR count). The topological polar surface area (TPSA) is 3.24 Å². The van der Waals surface area contributed by atoms with Crippen LogP contribution in [0.15, 0.2) is 329 Å². The predicted molar refractivity (Wildman–Crippen MR) is 347 cm³/mol. The molecular weight excluding hydrogens is 1050 g/mol. The molecule has 5 aliphatic rings. The van der Waals surface area contributed by atoms with E-state index in [0.717, 1.165) is 17.1 Å². The van der Waals surface area contributed by atoms with Crippen LogP contribution >= 0.6 is 23.5 Å². The minimum absolute atomic E-state index is 0.473. The van der Waals surface area contributed by atoms with Crippen LogP contribution in [0.5, 0.6) is 0 Å². The van der Waals surface area contributed by atoms with Crippen molar-refractivity contribution in [3.8, 4) is 44.5 Å². The number of rotatable bonds is 6. The maximum Gasteiger partial charge on any atom is 0.0735 e. The number of fused-ring (bicyclic) bond motifs is 21. The van der Waals surface area contributed by atoms with E-state index in [1.54, 1.807) is 0 Å². The Bertz CT molecular complexity index is 4540. The summed E-state index contributed by atoms with van der Waals surface area (Å²) < 4.78 is 0. The Kier molecular flexibility index (Phi) is 10.4. The van der Waals surface area contributed by atoms with Crippen molar-refractivity contribution in [2.45, 2.75) is 35.8 Å². The summed E-state index contributed by atoms with van der Waals surface area (Å²) >= 11 is 3.78. The molecule has 0 saturated carbocycles. The minimum atomic E-state index is -0.488. The van der Waals surface area contributed by atoms with E-state index in [4.69, 9.17) is 0 Å². The second-order valence-corrected chi connectivity index (χ2v) is 25.0. The zero-order valence-corrected chi connectivity index (χ0v) is 47.3. The molecule has 13 aromatic carbocycles. The third kappa shape index (κ3) is 6.33. The van der Waals surface area contributed by atoms with E-state index in [2.05, 4.69) is 314 Å². The van der Waals surface area contributed by atoms with Gasteiger partial charge in [0.1, 0.15) is 0 Å². The normalized spacial score (nSPS) is 14.9. The number of nitrogens with zero attached hydrogens (tertiary/aromatic N) is 1. The molecule has 84 heavy (non-hydrogen) atoms. The van der Waals surface area contributed by atoms with Crippen molar-refractivity contribution in [1.29, 1.82) is 0 Å². The minimum Gasteiger partial charge on any atom is -0.310 e. The van der Waals surface area contributed by atoms with E-state index in [1.165, 1.54) is 131 Å². The van der Waals surface area contributed by atoms with Crippen LogP contribution in [0.4, 0.5) is 17.1 Å². The van der Waals surface area contributed by atoms with Gasteiger partial charge in [0, 0.05) is 36.6 Å². The van der Waals surface area contributed by atoms with Crippen molar-refractivity contribution in [1.82, 2.24) is 0 Å². The van der Waals surface area contributed by atoms with Gasteiger partial charge in [-0.3, -0.25) is 0 Å². The summed E-state index contributed by atoms with van der Waals surface area (Å²) in [6, 6.07) is 117. The molecule has 13 aromatic rings. The molecule has 3 aliphatic carbocycles. The van der Waals surface area contributed by atoms with Gasteiger partial charge in [-0.15, -0.1) is 0 Å². The molecule has 2 aliphatic heterocycles. The summed E-state index contributed by atoms with van der Waals surface area (Å²) in [7, 11) is 0. The summed E-state index contributed by atoms with van der Waals surface area (Å²) in [5, 5.41) is 0. The quantitative estimate of drug-likeness (QED) is 0.163. The molecule has 2 heterocycles. The van der Waals surface area contributed by atoms with Crippen LogP contribution in [-0.4, -0.2) is 0 Å². The molecule has 3 heteroatoms. The Morgan fingerprint density at radius 1 is 0.214 bits per heavy atom. The average molecular weight is 1100 g/mol. The van der Waals surface area contributed by atoms with E-state index in [-0.39, 0.29) is 0 Å². The van der Waals surface area contributed by atoms with Gasteiger partial charge in [0.2, 0.25) is 0 Å². The van der Waals surface area contributed by atoms with Crippen molar-refractivity contribution in [2.24, 2.45) is 0 Å². The predicted octanol–water partition coefficient (Wildman–Crippen LogP) is 20.8. The average Bonchev–Trinajstić information content (AvgIpc) is 1.97. The van der Waals surface area contributed by atoms with Crippen LogP contribution in [0.25, 0.3) is 44.5 Å². The van der Waals surface area contributed by atoms with Crippen molar-refractivity contribution in [2.75, 3.05) is 4.90 Å². The van der Waals surface area contributed by atoms with Gasteiger partial charge < -0.3 is 4.90 Å². The lowest BCUT2D eigenvalue weighted by Gasteiger charge is -2.40. The Morgan fingerprint density at radius 2 is 0.548 bits per heavy atom. The first-order valence-electron chi connectivity index (χ1n) is 29.1. The van der Waals surface area contributed by atoms with E-state index < -0.39 is 16.2 Å². The van der Waals surface area contributed by atoms with Gasteiger partial charge in [0.15, 0.2) is 0 Å². The fraction of sp³-hybridized carbons (Fsp3) is 0.0370. The molecule has 0 radical (unpaired) electrons. The Morgan fingerprint density at radius 3 is 1.00 bits per heavy atom. The first-order chi connectivity index (χ1) is 41.7. The zero-order valence-electron chi connectivity index (χ0n) is 45.7. The number of hydrogen-bond acceptors (Lipinski definition) is 3. The van der Waals surface area contributed by atoms with Crippen LogP contribution in [0.3, 0.4) is 0 Å². The SMILES string of the molecule is c1ccc(C2(c3ccccc3)c3ccccc3-c3c(-c4ccc(N(c5ccc6c(c5)-c5ccccc5C65c6ccccc6Sc6ccccc65)c5ccc6c(c5)-c5ccccc5C65c6ccccc6Sc6ccccc65)cc4)cccc32)cc1. The van der Waals surface area contributed by atoms with Crippen molar-refractivity contribution in [3.05, 3.63) is 376 Å². The monoisotopic (exact) mass is 1100 g/mol. The van der Waals surface area contributed by atoms with Gasteiger partial charge in [0.25, 0.3) is 0 Å². The van der Waals surface area contributed by atoms with Gasteiger partial charge in [-0.2, -0.15) is 0 Å².